The van der Waals surface area contributed by atoms with Crippen molar-refractivity contribution in [1.82, 2.24) is 20.3 Å². The minimum Gasteiger partial charge on any atom is -0.365 e. The zero-order chi connectivity index (χ0) is 17.5. The fourth-order valence-corrected chi connectivity index (χ4v) is 3.52. The van der Waals surface area contributed by atoms with Gasteiger partial charge in [0, 0.05) is 25.2 Å². The maximum Gasteiger partial charge on any atom is 0.267 e. The highest BCUT2D eigenvalue weighted by Crippen LogP contribution is 2.17. The summed E-state index contributed by atoms with van der Waals surface area (Å²) in [6.45, 7) is 3.09. The minimum atomic E-state index is -0.600. The normalized spacial score (nSPS) is 17.0. The van der Waals surface area contributed by atoms with Crippen LogP contribution < -0.4 is 10.8 Å². The molecule has 3 N–H and O–H groups in total. The van der Waals surface area contributed by atoms with Crippen LogP contribution in [0.4, 0.5) is 5.82 Å². The van der Waals surface area contributed by atoms with Crippen molar-refractivity contribution in [3.05, 3.63) is 46.6 Å². The highest BCUT2D eigenvalue weighted by molar-refractivity contribution is 7.07. The quantitative estimate of drug-likeness (QED) is 0.370. The standard InChI is InChI=1S/C17H21N5O2S.2ClH/c23-17(21-24)4-3-14-8-19-16(9-18-14)20-15-2-1-6-22(11-15)10-13-5-7-25-12-13;;/h3-5,7-9,12,15,24H,1-2,6,10-11H2,(H,19,20)(H,21,23);2*1H/t15-;;/m1../s1. The van der Waals surface area contributed by atoms with Gasteiger partial charge in [0.2, 0.25) is 0 Å². The van der Waals surface area contributed by atoms with Gasteiger partial charge in [-0.1, -0.05) is 0 Å². The van der Waals surface area contributed by atoms with Gasteiger partial charge in [-0.2, -0.15) is 11.3 Å². The largest absolute Gasteiger partial charge is 0.365 e. The Balaban J connectivity index is 0.00000182. The van der Waals surface area contributed by atoms with E-state index in [1.165, 1.54) is 23.2 Å². The van der Waals surface area contributed by atoms with Crippen LogP contribution in [0.2, 0.25) is 0 Å². The minimum absolute atomic E-state index is 0. The molecule has 7 nitrogen and oxygen atoms in total. The number of aromatic nitrogens is 2. The number of nitrogens with one attached hydrogen (secondary N) is 2. The highest BCUT2D eigenvalue weighted by Gasteiger charge is 2.20. The van der Waals surface area contributed by atoms with Crippen LogP contribution in [0, 0.1) is 0 Å². The van der Waals surface area contributed by atoms with E-state index >= 15 is 0 Å². The summed E-state index contributed by atoms with van der Waals surface area (Å²) in [6, 6.07) is 2.53. The molecule has 1 aliphatic heterocycles. The third kappa shape index (κ3) is 7.43. The summed E-state index contributed by atoms with van der Waals surface area (Å²) in [5.74, 6) is 0.128. The lowest BCUT2D eigenvalue weighted by Crippen LogP contribution is -2.41. The predicted molar refractivity (Wildman–Crippen MR) is 112 cm³/mol. The van der Waals surface area contributed by atoms with E-state index < -0.39 is 5.91 Å². The second-order valence-electron chi connectivity index (χ2n) is 5.99. The van der Waals surface area contributed by atoms with Crippen LogP contribution in [0.3, 0.4) is 0 Å². The first-order chi connectivity index (χ1) is 12.2. The van der Waals surface area contributed by atoms with Gasteiger partial charge in [0.25, 0.3) is 5.91 Å². The number of rotatable bonds is 6. The third-order valence-electron chi connectivity index (χ3n) is 4.03. The number of anilines is 1. The molecule has 1 aliphatic rings. The van der Waals surface area contributed by atoms with E-state index in [0.29, 0.717) is 11.7 Å². The van der Waals surface area contributed by atoms with Gasteiger partial charge in [0.1, 0.15) is 5.82 Å². The van der Waals surface area contributed by atoms with Crippen LogP contribution >= 0.6 is 36.2 Å². The molecule has 0 spiro atoms. The van der Waals surface area contributed by atoms with Gasteiger partial charge in [0.15, 0.2) is 0 Å². The summed E-state index contributed by atoms with van der Waals surface area (Å²) in [5, 5.41) is 16.2. The van der Waals surface area contributed by atoms with Crippen molar-refractivity contribution in [2.24, 2.45) is 0 Å². The second-order valence-corrected chi connectivity index (χ2v) is 6.77. The molecule has 0 bridgehead atoms. The molecule has 0 saturated carbocycles. The van der Waals surface area contributed by atoms with Gasteiger partial charge in [-0.15, -0.1) is 24.8 Å². The molecule has 0 radical (unpaired) electrons. The van der Waals surface area contributed by atoms with Crippen molar-refractivity contribution < 1.29 is 10.0 Å². The first kappa shape index (κ1) is 23.3. The van der Waals surface area contributed by atoms with E-state index in [4.69, 9.17) is 5.21 Å². The lowest BCUT2D eigenvalue weighted by molar-refractivity contribution is -0.124. The molecule has 1 saturated heterocycles. The van der Waals surface area contributed by atoms with Gasteiger partial charge >= 0.3 is 0 Å². The Labute approximate surface area is 174 Å². The van der Waals surface area contributed by atoms with E-state index in [0.717, 1.165) is 38.3 Å². The van der Waals surface area contributed by atoms with Crippen LogP contribution in [-0.4, -0.2) is 45.1 Å². The van der Waals surface area contributed by atoms with Crippen LogP contribution in [0.25, 0.3) is 6.08 Å². The summed E-state index contributed by atoms with van der Waals surface area (Å²) in [5.41, 5.74) is 3.45. The number of nitrogens with zero attached hydrogens (tertiary/aromatic N) is 3. The lowest BCUT2D eigenvalue weighted by Gasteiger charge is -2.33. The Kier molecular flexibility index (Phi) is 10.3. The molecule has 1 fully saturated rings. The van der Waals surface area contributed by atoms with Crippen molar-refractivity contribution >= 4 is 54.0 Å². The van der Waals surface area contributed by atoms with Gasteiger partial charge in [-0.25, -0.2) is 10.5 Å². The number of likely N-dealkylation sites (tertiary alicyclic amines) is 1. The molecule has 3 rings (SSSR count). The number of carbonyl (C=O) groups is 1. The number of hydrogen-bond donors (Lipinski definition) is 3. The van der Waals surface area contributed by atoms with Crippen molar-refractivity contribution in [2.45, 2.75) is 25.4 Å². The van der Waals surface area contributed by atoms with Crippen LogP contribution in [-0.2, 0) is 11.3 Å². The van der Waals surface area contributed by atoms with Crippen LogP contribution in [0.5, 0.6) is 0 Å². The van der Waals surface area contributed by atoms with Crippen molar-refractivity contribution in [3.8, 4) is 0 Å². The van der Waals surface area contributed by atoms with Gasteiger partial charge in [0.05, 0.1) is 18.1 Å². The summed E-state index contributed by atoms with van der Waals surface area (Å²) < 4.78 is 0. The maximum absolute atomic E-state index is 10.9. The molecule has 3 heterocycles. The molecule has 0 aromatic carbocycles. The molecule has 27 heavy (non-hydrogen) atoms. The van der Waals surface area contributed by atoms with Gasteiger partial charge in [-0.05, 0) is 47.9 Å². The zero-order valence-corrected chi connectivity index (χ0v) is 17.0. The molecule has 1 amide bonds. The first-order valence-electron chi connectivity index (χ1n) is 8.17. The Hall–Kier alpha value is -1.71. The van der Waals surface area contributed by atoms with Crippen molar-refractivity contribution in [3.63, 3.8) is 0 Å². The molecule has 0 aliphatic carbocycles. The molecular formula is C17H23Cl2N5O2S. The number of hydroxylamine groups is 1. The van der Waals surface area contributed by atoms with Crippen LogP contribution in [0.15, 0.2) is 35.3 Å². The zero-order valence-electron chi connectivity index (χ0n) is 14.6. The summed E-state index contributed by atoms with van der Waals surface area (Å²) in [7, 11) is 0. The number of halogens is 2. The summed E-state index contributed by atoms with van der Waals surface area (Å²) in [6.07, 6.45) is 8.21. The maximum atomic E-state index is 10.9. The van der Waals surface area contributed by atoms with Gasteiger partial charge < -0.3 is 5.32 Å². The van der Waals surface area contributed by atoms with Crippen LogP contribution in [0.1, 0.15) is 24.1 Å². The Morgan fingerprint density at radius 3 is 2.89 bits per heavy atom. The molecule has 148 valence electrons. The fraction of sp³-hybridized carbons (Fsp3) is 0.353. The Morgan fingerprint density at radius 1 is 1.37 bits per heavy atom. The SMILES string of the molecule is Cl.Cl.O=C(C=Cc1cnc(N[C@@H]2CCCN(Cc3ccsc3)C2)cn1)NO. The third-order valence-corrected chi connectivity index (χ3v) is 4.76. The van der Waals surface area contributed by atoms with Gasteiger partial charge in [-0.3, -0.25) is 19.9 Å². The monoisotopic (exact) mass is 431 g/mol. The summed E-state index contributed by atoms with van der Waals surface area (Å²) in [4.78, 5) is 22.0. The molecule has 2 aromatic rings. The van der Waals surface area contributed by atoms with Crippen molar-refractivity contribution in [2.75, 3.05) is 18.4 Å². The van der Waals surface area contributed by atoms with Crippen molar-refractivity contribution in [1.29, 1.82) is 0 Å². The average molecular weight is 432 g/mol. The smallest absolute Gasteiger partial charge is 0.267 e. The average Bonchev–Trinajstić information content (AvgIpc) is 3.14. The van der Waals surface area contributed by atoms with E-state index in [-0.39, 0.29) is 24.8 Å². The molecule has 10 heteroatoms. The lowest BCUT2D eigenvalue weighted by atomic mass is 10.1. The molecule has 0 unspecified atom stereocenters. The van der Waals surface area contributed by atoms with E-state index in [1.54, 1.807) is 23.7 Å². The molecular weight excluding hydrogens is 409 g/mol. The fourth-order valence-electron chi connectivity index (χ4n) is 2.86. The number of hydrogen-bond acceptors (Lipinski definition) is 7. The van der Waals surface area contributed by atoms with E-state index in [2.05, 4.69) is 37.0 Å². The van der Waals surface area contributed by atoms with E-state index in [1.807, 2.05) is 0 Å². The Morgan fingerprint density at radius 2 is 2.22 bits per heavy atom. The van der Waals surface area contributed by atoms with E-state index in [9.17, 15) is 4.79 Å². The number of thiophene rings is 1. The first-order valence-corrected chi connectivity index (χ1v) is 9.11. The Bertz CT molecular complexity index is 713. The second kappa shape index (κ2) is 11.9. The summed E-state index contributed by atoms with van der Waals surface area (Å²) >= 11 is 1.74. The number of piperidine rings is 1. The topological polar surface area (TPSA) is 90.4 Å². The number of amides is 1. The molecule has 2 aromatic heterocycles. The number of carbonyl (C=O) groups excluding carboxylic acids is 1. The molecule has 1 atom stereocenters. The highest BCUT2D eigenvalue weighted by atomic mass is 35.5. The predicted octanol–water partition coefficient (Wildman–Crippen LogP) is 2.98.